The Morgan fingerprint density at radius 3 is 3.08 bits per heavy atom. The number of para-hydroxylation sites is 1. The minimum atomic E-state index is -0.0609. The molecule has 0 aliphatic carbocycles. The lowest BCUT2D eigenvalue weighted by atomic mass is 9.97. The maximum atomic E-state index is 12.3. The lowest BCUT2D eigenvalue weighted by Crippen LogP contribution is -2.35. The fraction of sp³-hybridized carbons (Fsp3) is 0.389. The number of nitrogens with zero attached hydrogens (tertiary/aromatic N) is 3. The molecule has 1 amide bonds. The molecular formula is C18H21N5O. The molecule has 1 unspecified atom stereocenters. The van der Waals surface area contributed by atoms with Gasteiger partial charge in [0.2, 0.25) is 5.91 Å². The van der Waals surface area contributed by atoms with Crippen LogP contribution in [0.5, 0.6) is 0 Å². The quantitative estimate of drug-likeness (QED) is 0.886. The third-order valence-electron chi connectivity index (χ3n) is 4.47. The molecule has 2 aromatic rings. The first kappa shape index (κ1) is 16.2. The molecule has 6 heteroatoms. The molecular weight excluding hydrogens is 302 g/mol. The number of nitrogens with one attached hydrogen (secondary N) is 2. The number of H-pyrrole nitrogens is 1. The second-order valence-electron chi connectivity index (χ2n) is 6.03. The fourth-order valence-corrected chi connectivity index (χ4v) is 3.23. The minimum absolute atomic E-state index is 0.0609. The molecule has 3 rings (SSSR count). The Balaban J connectivity index is 1.58. The van der Waals surface area contributed by atoms with Gasteiger partial charge in [-0.05, 0) is 31.5 Å². The number of rotatable bonds is 5. The van der Waals surface area contributed by atoms with Gasteiger partial charge in [0, 0.05) is 30.8 Å². The third kappa shape index (κ3) is 3.81. The summed E-state index contributed by atoms with van der Waals surface area (Å²) in [5, 5.41) is 18.8. The molecule has 1 saturated heterocycles. The first-order valence-electron chi connectivity index (χ1n) is 8.29. The number of aromatic nitrogens is 2. The van der Waals surface area contributed by atoms with E-state index < -0.39 is 0 Å². The van der Waals surface area contributed by atoms with E-state index in [4.69, 9.17) is 5.26 Å². The van der Waals surface area contributed by atoms with Gasteiger partial charge >= 0.3 is 0 Å². The predicted molar refractivity (Wildman–Crippen MR) is 91.2 cm³/mol. The first-order chi connectivity index (χ1) is 11.8. The molecule has 124 valence electrons. The number of likely N-dealkylation sites (tertiary alicyclic amines) is 1. The molecule has 2 heterocycles. The number of amides is 1. The van der Waals surface area contributed by atoms with Crippen LogP contribution < -0.4 is 5.32 Å². The lowest BCUT2D eigenvalue weighted by molar-refractivity contribution is -0.116. The molecule has 0 bridgehead atoms. The molecule has 1 aromatic heterocycles. The van der Waals surface area contributed by atoms with Gasteiger partial charge in [0.15, 0.2) is 0 Å². The van der Waals surface area contributed by atoms with Gasteiger partial charge in [-0.1, -0.05) is 18.6 Å². The Labute approximate surface area is 141 Å². The molecule has 6 nitrogen and oxygen atoms in total. The van der Waals surface area contributed by atoms with Crippen molar-refractivity contribution in [2.45, 2.75) is 31.7 Å². The largest absolute Gasteiger partial charge is 0.325 e. The zero-order chi connectivity index (χ0) is 16.8. The SMILES string of the molecule is N#Cc1ccccc1NC(=O)CCN1CCCCC1c1cn[nH]c1. The Morgan fingerprint density at radius 2 is 2.29 bits per heavy atom. The van der Waals surface area contributed by atoms with E-state index in [1.807, 2.05) is 18.5 Å². The monoisotopic (exact) mass is 323 g/mol. The maximum Gasteiger partial charge on any atom is 0.225 e. The highest BCUT2D eigenvalue weighted by Gasteiger charge is 2.24. The Morgan fingerprint density at radius 1 is 1.42 bits per heavy atom. The second kappa shape index (κ2) is 7.75. The summed E-state index contributed by atoms with van der Waals surface area (Å²) < 4.78 is 0. The summed E-state index contributed by atoms with van der Waals surface area (Å²) >= 11 is 0. The topological polar surface area (TPSA) is 84.8 Å². The molecule has 1 aliphatic rings. The number of anilines is 1. The molecule has 24 heavy (non-hydrogen) atoms. The van der Waals surface area contributed by atoms with Crippen LogP contribution in [0.1, 0.15) is 42.9 Å². The summed E-state index contributed by atoms with van der Waals surface area (Å²) in [4.78, 5) is 14.6. The first-order valence-corrected chi connectivity index (χ1v) is 8.29. The molecule has 0 radical (unpaired) electrons. The van der Waals surface area contributed by atoms with E-state index in [9.17, 15) is 4.79 Å². The highest BCUT2D eigenvalue weighted by Crippen LogP contribution is 2.30. The fourth-order valence-electron chi connectivity index (χ4n) is 3.23. The Bertz CT molecular complexity index is 719. The zero-order valence-corrected chi connectivity index (χ0v) is 13.5. The van der Waals surface area contributed by atoms with E-state index >= 15 is 0 Å². The summed E-state index contributed by atoms with van der Waals surface area (Å²) in [5.41, 5.74) is 2.25. The zero-order valence-electron chi connectivity index (χ0n) is 13.5. The van der Waals surface area contributed by atoms with Crippen molar-refractivity contribution in [3.05, 3.63) is 47.8 Å². The van der Waals surface area contributed by atoms with Crippen molar-refractivity contribution in [3.8, 4) is 6.07 Å². The van der Waals surface area contributed by atoms with Gasteiger partial charge in [0.1, 0.15) is 6.07 Å². The van der Waals surface area contributed by atoms with Gasteiger partial charge < -0.3 is 5.32 Å². The van der Waals surface area contributed by atoms with Crippen molar-refractivity contribution in [2.75, 3.05) is 18.4 Å². The van der Waals surface area contributed by atoms with Crippen LogP contribution >= 0.6 is 0 Å². The van der Waals surface area contributed by atoms with Crippen LogP contribution in [0.25, 0.3) is 0 Å². The molecule has 0 saturated carbocycles. The smallest absolute Gasteiger partial charge is 0.225 e. The number of carbonyl (C=O) groups excluding carboxylic acids is 1. The van der Waals surface area contributed by atoms with Crippen LogP contribution in [0.2, 0.25) is 0 Å². The highest BCUT2D eigenvalue weighted by atomic mass is 16.1. The number of nitriles is 1. The van der Waals surface area contributed by atoms with E-state index in [1.54, 1.807) is 18.2 Å². The molecule has 0 spiro atoms. The molecule has 1 aliphatic heterocycles. The van der Waals surface area contributed by atoms with Gasteiger partial charge in [-0.25, -0.2) is 0 Å². The second-order valence-corrected chi connectivity index (χ2v) is 6.03. The van der Waals surface area contributed by atoms with Crippen LogP contribution in [-0.2, 0) is 4.79 Å². The van der Waals surface area contributed by atoms with Crippen LogP contribution in [-0.4, -0.2) is 34.1 Å². The van der Waals surface area contributed by atoms with Crippen LogP contribution in [0.15, 0.2) is 36.7 Å². The number of benzene rings is 1. The Kier molecular flexibility index (Phi) is 5.24. The van der Waals surface area contributed by atoms with Crippen LogP contribution in [0.4, 0.5) is 5.69 Å². The summed E-state index contributed by atoms with van der Waals surface area (Å²) in [7, 11) is 0. The van der Waals surface area contributed by atoms with Crippen molar-refractivity contribution in [2.24, 2.45) is 0 Å². The number of hydrogen-bond acceptors (Lipinski definition) is 4. The van der Waals surface area contributed by atoms with Gasteiger partial charge in [-0.15, -0.1) is 0 Å². The van der Waals surface area contributed by atoms with Gasteiger partial charge in [-0.3, -0.25) is 14.8 Å². The molecule has 1 fully saturated rings. The third-order valence-corrected chi connectivity index (χ3v) is 4.47. The highest BCUT2D eigenvalue weighted by molar-refractivity contribution is 5.92. The number of piperidine rings is 1. The van der Waals surface area contributed by atoms with Gasteiger partial charge in [0.25, 0.3) is 0 Å². The van der Waals surface area contributed by atoms with E-state index in [0.29, 0.717) is 30.3 Å². The summed E-state index contributed by atoms with van der Waals surface area (Å²) in [5.74, 6) is -0.0609. The van der Waals surface area contributed by atoms with E-state index in [1.165, 1.54) is 12.0 Å². The van der Waals surface area contributed by atoms with Crippen molar-refractivity contribution < 1.29 is 4.79 Å². The van der Waals surface area contributed by atoms with Gasteiger partial charge in [0.05, 0.1) is 17.4 Å². The summed E-state index contributed by atoms with van der Waals surface area (Å²) in [6.07, 6.45) is 7.67. The average molecular weight is 323 g/mol. The number of aromatic amines is 1. The number of hydrogen-bond donors (Lipinski definition) is 2. The molecule has 2 N–H and O–H groups in total. The maximum absolute atomic E-state index is 12.3. The number of carbonyl (C=O) groups is 1. The van der Waals surface area contributed by atoms with Crippen LogP contribution in [0.3, 0.4) is 0 Å². The van der Waals surface area contributed by atoms with Crippen LogP contribution in [0, 0.1) is 11.3 Å². The van der Waals surface area contributed by atoms with E-state index in [-0.39, 0.29) is 5.91 Å². The van der Waals surface area contributed by atoms with Crippen molar-refractivity contribution in [3.63, 3.8) is 0 Å². The normalized spacial score (nSPS) is 18.0. The minimum Gasteiger partial charge on any atom is -0.325 e. The standard InChI is InChI=1S/C18H21N5O/c19-11-14-5-1-2-6-16(14)22-18(24)8-10-23-9-4-3-7-17(23)15-12-20-21-13-15/h1-2,5-6,12-13,17H,3-4,7-10H2,(H,20,21)(H,22,24). The Hall–Kier alpha value is -2.65. The van der Waals surface area contributed by atoms with E-state index in [2.05, 4.69) is 26.5 Å². The molecule has 1 atom stereocenters. The van der Waals surface area contributed by atoms with Gasteiger partial charge in [-0.2, -0.15) is 10.4 Å². The van der Waals surface area contributed by atoms with E-state index in [0.717, 1.165) is 19.4 Å². The summed E-state index contributed by atoms with van der Waals surface area (Å²) in [6.45, 7) is 1.70. The predicted octanol–water partition coefficient (Wildman–Crippen LogP) is 2.84. The lowest BCUT2D eigenvalue weighted by Gasteiger charge is -2.35. The van der Waals surface area contributed by atoms with Crippen molar-refractivity contribution >= 4 is 11.6 Å². The van der Waals surface area contributed by atoms with Crippen molar-refractivity contribution in [1.29, 1.82) is 5.26 Å². The summed E-state index contributed by atoms with van der Waals surface area (Å²) in [6, 6.07) is 9.49. The van der Waals surface area contributed by atoms with Crippen molar-refractivity contribution in [1.82, 2.24) is 15.1 Å². The molecule has 1 aromatic carbocycles. The average Bonchev–Trinajstić information content (AvgIpc) is 3.15.